The molecule has 0 unspecified atom stereocenters. The van der Waals surface area contributed by atoms with Crippen LogP contribution in [0.25, 0.3) is 10.9 Å². The summed E-state index contributed by atoms with van der Waals surface area (Å²) in [6, 6.07) is 5.47. The number of ether oxygens (including phenoxy) is 2. The average Bonchev–Trinajstić information content (AvgIpc) is 3.78. The number of benzene rings is 2. The number of amides is 1. The number of rotatable bonds is 9. The molecule has 19 heteroatoms. The van der Waals surface area contributed by atoms with Crippen LogP contribution in [0.3, 0.4) is 0 Å². The van der Waals surface area contributed by atoms with Gasteiger partial charge in [0.15, 0.2) is 11.6 Å². The summed E-state index contributed by atoms with van der Waals surface area (Å²) in [4.78, 5) is 79.2. The monoisotopic (exact) mass is 725 g/mol. The lowest BCUT2D eigenvalue weighted by Crippen LogP contribution is -2.49. The molecule has 1 amide bonds. The molecule has 6 rings (SSSR count). The quantitative estimate of drug-likeness (QED) is 0.174. The fourth-order valence-electron chi connectivity index (χ4n) is 6.80. The SMILES string of the molecule is COc1c(N2C[C@H]3CCCN(C(=O)Oc4ccc(CC(O)(P(=O)(O)O)P(=O)(O)O)cc4)[C@H]3C2)c(F)cc2c(=O)c(C(=O)O)cn(C3CC3)c12. The molecular weight excluding hydrogens is 691 g/mol. The van der Waals surface area contributed by atoms with Gasteiger partial charge in [0, 0.05) is 38.3 Å². The van der Waals surface area contributed by atoms with Gasteiger partial charge in [0.2, 0.25) is 5.43 Å². The maximum Gasteiger partial charge on any atom is 0.415 e. The van der Waals surface area contributed by atoms with Gasteiger partial charge in [0.25, 0.3) is 5.08 Å². The number of likely N-dealkylation sites (tertiary alicyclic amines) is 1. The van der Waals surface area contributed by atoms with Gasteiger partial charge in [-0.2, -0.15) is 0 Å². The first-order valence-electron chi connectivity index (χ1n) is 15.3. The van der Waals surface area contributed by atoms with Crippen LogP contribution in [0.5, 0.6) is 11.5 Å². The van der Waals surface area contributed by atoms with Crippen molar-refractivity contribution in [3.05, 3.63) is 63.7 Å². The van der Waals surface area contributed by atoms with E-state index < -0.39 is 61.6 Å². The number of hydrogen-bond acceptors (Lipinski definition) is 9. The number of aromatic nitrogens is 1. The van der Waals surface area contributed by atoms with Crippen molar-refractivity contribution in [1.82, 2.24) is 9.47 Å². The molecule has 1 saturated carbocycles. The van der Waals surface area contributed by atoms with Gasteiger partial charge in [-0.05, 0) is 55.4 Å². The molecule has 16 nitrogen and oxygen atoms in total. The number of fused-ring (bicyclic) bond motifs is 2. The molecule has 2 saturated heterocycles. The second kappa shape index (κ2) is 12.5. The Bertz CT molecular complexity index is 1970. The first-order chi connectivity index (χ1) is 22.9. The van der Waals surface area contributed by atoms with Crippen LogP contribution in [-0.2, 0) is 15.6 Å². The van der Waals surface area contributed by atoms with Crippen LogP contribution in [0.4, 0.5) is 14.9 Å². The Morgan fingerprint density at radius 1 is 1.04 bits per heavy atom. The van der Waals surface area contributed by atoms with Crippen LogP contribution in [0, 0.1) is 11.7 Å². The Morgan fingerprint density at radius 2 is 1.69 bits per heavy atom. The summed E-state index contributed by atoms with van der Waals surface area (Å²) in [7, 11) is -9.99. The Hall–Kier alpha value is -3.82. The smallest absolute Gasteiger partial charge is 0.415 e. The van der Waals surface area contributed by atoms with Crippen LogP contribution < -0.4 is 19.8 Å². The number of carbonyl (C=O) groups is 2. The van der Waals surface area contributed by atoms with Crippen molar-refractivity contribution in [2.75, 3.05) is 31.6 Å². The standard InChI is InChI=1S/C30H34FN3O13P2/c1-46-27-24-20(26(35)21(28(36)37)14-34(24)18-6-7-18)11-22(31)25(27)32-13-17-3-2-10-33(23(17)15-32)29(38)47-19-8-4-16(5-9-19)12-30(39,48(40,41)42)49(43,44)45/h4-5,8-9,11,14,17-18,23,39H,2-3,6-7,10,12-13,15H2,1H3,(H,36,37)(H2,40,41,42)(H2,43,44,45)/t17-,23+/m1/s1. The number of methoxy groups -OCH3 is 1. The van der Waals surface area contributed by atoms with Gasteiger partial charge < -0.3 is 53.6 Å². The van der Waals surface area contributed by atoms with Gasteiger partial charge in [-0.25, -0.2) is 14.0 Å². The Labute approximate surface area is 277 Å². The van der Waals surface area contributed by atoms with Gasteiger partial charge in [-0.1, -0.05) is 12.1 Å². The topological polar surface area (TPSA) is 237 Å². The first-order valence-corrected chi connectivity index (χ1v) is 18.5. The maximum absolute atomic E-state index is 15.9. The molecular formula is C30H34FN3O13P2. The summed E-state index contributed by atoms with van der Waals surface area (Å²) < 4.78 is 52.3. The molecule has 3 aromatic rings. The van der Waals surface area contributed by atoms with Crippen LogP contribution in [0.15, 0.2) is 41.3 Å². The summed E-state index contributed by atoms with van der Waals surface area (Å²) >= 11 is 0. The molecule has 0 radical (unpaired) electrons. The van der Waals surface area contributed by atoms with Gasteiger partial charge >= 0.3 is 27.3 Å². The third-order valence-corrected chi connectivity index (χ3v) is 13.2. The highest BCUT2D eigenvalue weighted by molar-refractivity contribution is 7.72. The minimum absolute atomic E-state index is 0.0163. The van der Waals surface area contributed by atoms with Crippen LogP contribution in [-0.4, -0.2) is 89.2 Å². The second-order valence-corrected chi connectivity index (χ2v) is 16.6. The first kappa shape index (κ1) is 35.0. The highest BCUT2D eigenvalue weighted by Crippen LogP contribution is 2.68. The van der Waals surface area contributed by atoms with E-state index in [1.165, 1.54) is 42.5 Å². The van der Waals surface area contributed by atoms with Gasteiger partial charge in [-0.15, -0.1) is 0 Å². The van der Waals surface area contributed by atoms with E-state index in [1.54, 1.807) is 9.47 Å². The van der Waals surface area contributed by atoms with E-state index in [-0.39, 0.29) is 46.6 Å². The molecule has 1 aromatic heterocycles. The minimum atomic E-state index is -5.67. The van der Waals surface area contributed by atoms with E-state index in [2.05, 4.69) is 0 Å². The van der Waals surface area contributed by atoms with Crippen molar-refractivity contribution in [2.24, 2.45) is 5.92 Å². The van der Waals surface area contributed by atoms with E-state index in [1.807, 2.05) is 0 Å². The maximum atomic E-state index is 15.9. The largest absolute Gasteiger partial charge is 0.492 e. The summed E-state index contributed by atoms with van der Waals surface area (Å²) in [6.07, 6.45) is 2.34. The second-order valence-electron chi connectivity index (χ2n) is 12.6. The molecule has 2 aliphatic heterocycles. The number of aliphatic hydroxyl groups is 1. The van der Waals surface area contributed by atoms with Crippen molar-refractivity contribution in [2.45, 2.75) is 49.3 Å². The fourth-order valence-corrected chi connectivity index (χ4v) is 8.93. The number of carboxylic acids is 1. The average molecular weight is 726 g/mol. The number of hydrogen-bond donors (Lipinski definition) is 6. The zero-order valence-electron chi connectivity index (χ0n) is 26.0. The van der Waals surface area contributed by atoms with Crippen LogP contribution >= 0.6 is 15.2 Å². The number of halogens is 1. The summed E-state index contributed by atoms with van der Waals surface area (Å²) in [6.45, 7) is 0.882. The Balaban J connectivity index is 1.24. The van der Waals surface area contributed by atoms with E-state index in [4.69, 9.17) is 9.47 Å². The molecule has 264 valence electrons. The van der Waals surface area contributed by atoms with Crippen molar-refractivity contribution in [3.8, 4) is 11.5 Å². The minimum Gasteiger partial charge on any atom is -0.492 e. The lowest BCUT2D eigenvalue weighted by Gasteiger charge is -2.35. The number of piperidine rings is 1. The third kappa shape index (κ3) is 6.25. The fraction of sp³-hybridized carbons (Fsp3) is 0.433. The molecule has 6 N–H and O–H groups in total. The van der Waals surface area contributed by atoms with Crippen LogP contribution in [0.2, 0.25) is 0 Å². The van der Waals surface area contributed by atoms with E-state index in [0.29, 0.717) is 25.0 Å². The summed E-state index contributed by atoms with van der Waals surface area (Å²) in [5.41, 5.74) is -0.939. The molecule has 3 fully saturated rings. The zero-order valence-corrected chi connectivity index (χ0v) is 27.8. The lowest BCUT2D eigenvalue weighted by atomic mass is 9.92. The van der Waals surface area contributed by atoms with Crippen molar-refractivity contribution < 1.29 is 62.4 Å². The molecule has 0 bridgehead atoms. The molecule has 2 aromatic carbocycles. The van der Waals surface area contributed by atoms with E-state index in [0.717, 1.165) is 25.3 Å². The van der Waals surface area contributed by atoms with Crippen LogP contribution in [0.1, 0.15) is 47.6 Å². The predicted octanol–water partition coefficient (Wildman–Crippen LogP) is 2.83. The Kier molecular flexibility index (Phi) is 8.93. The number of aromatic carboxylic acids is 1. The predicted molar refractivity (Wildman–Crippen MR) is 171 cm³/mol. The summed E-state index contributed by atoms with van der Waals surface area (Å²) in [5, 5.41) is 16.1. The molecule has 1 aliphatic carbocycles. The highest BCUT2D eigenvalue weighted by Gasteiger charge is 2.59. The molecule has 0 spiro atoms. The Morgan fingerprint density at radius 3 is 2.27 bits per heavy atom. The molecule has 3 heterocycles. The van der Waals surface area contributed by atoms with Gasteiger partial charge in [-0.3, -0.25) is 13.9 Å². The highest BCUT2D eigenvalue weighted by atomic mass is 31.2. The number of nitrogens with zero attached hydrogens (tertiary/aromatic N) is 3. The van der Waals surface area contributed by atoms with Gasteiger partial charge in [0.05, 0.1) is 24.1 Å². The van der Waals surface area contributed by atoms with Crippen molar-refractivity contribution in [3.63, 3.8) is 0 Å². The van der Waals surface area contributed by atoms with Crippen molar-refractivity contribution >= 4 is 43.8 Å². The molecule has 49 heavy (non-hydrogen) atoms. The van der Waals surface area contributed by atoms with Crippen molar-refractivity contribution in [1.29, 1.82) is 0 Å². The third-order valence-electron chi connectivity index (χ3n) is 9.41. The molecule has 3 aliphatic rings. The number of carbonyl (C=O) groups excluding carboxylic acids is 1. The number of anilines is 1. The van der Waals surface area contributed by atoms with E-state index >= 15 is 4.39 Å². The summed E-state index contributed by atoms with van der Waals surface area (Å²) in [5.74, 6) is -2.16. The number of pyridine rings is 1. The van der Waals surface area contributed by atoms with Gasteiger partial charge in [0.1, 0.15) is 17.0 Å². The zero-order chi connectivity index (χ0) is 35.6. The lowest BCUT2D eigenvalue weighted by molar-refractivity contribution is 0.0694. The van der Waals surface area contributed by atoms with E-state index in [9.17, 15) is 53.3 Å². The number of carboxylic acid groups (broad SMARTS) is 1. The normalized spacial score (nSPS) is 20.0. The molecule has 2 atom stereocenters.